The van der Waals surface area contributed by atoms with Crippen molar-refractivity contribution in [3.63, 3.8) is 0 Å². The summed E-state index contributed by atoms with van der Waals surface area (Å²) in [5.41, 5.74) is 3.46. The van der Waals surface area contributed by atoms with Crippen molar-refractivity contribution in [2.75, 3.05) is 0 Å². The summed E-state index contributed by atoms with van der Waals surface area (Å²) in [7, 11) is 0. The molecule has 2 nitrogen and oxygen atoms in total. The summed E-state index contributed by atoms with van der Waals surface area (Å²) in [4.78, 5) is 8.78. The highest BCUT2D eigenvalue weighted by Crippen LogP contribution is 2.17. The Bertz CT molecular complexity index is 434. The van der Waals surface area contributed by atoms with Gasteiger partial charge in [0.25, 0.3) is 0 Å². The fourth-order valence-corrected chi connectivity index (χ4v) is 1.71. The molecule has 2 heteroatoms. The summed E-state index contributed by atoms with van der Waals surface area (Å²) in [5.74, 6) is 0.412. The fraction of sp³-hybridized carbons (Fsp3) is 0.286. The molecule has 0 N–H and O–H groups in total. The molecule has 0 amide bonds. The van der Waals surface area contributed by atoms with Crippen LogP contribution in [-0.4, -0.2) is 9.97 Å². The van der Waals surface area contributed by atoms with Gasteiger partial charge in [-0.1, -0.05) is 19.1 Å². The van der Waals surface area contributed by atoms with E-state index in [2.05, 4.69) is 42.0 Å². The second-order valence-electron chi connectivity index (χ2n) is 4.19. The molecule has 0 aliphatic carbocycles. The molecule has 2 heterocycles. The maximum Gasteiger partial charge on any atom is 0.0435 e. The van der Waals surface area contributed by atoms with E-state index in [0.29, 0.717) is 5.92 Å². The zero-order valence-electron chi connectivity index (χ0n) is 9.72. The smallest absolute Gasteiger partial charge is 0.0435 e. The Morgan fingerprint density at radius 1 is 1.12 bits per heavy atom. The van der Waals surface area contributed by atoms with E-state index in [1.165, 1.54) is 5.56 Å². The lowest BCUT2D eigenvalue weighted by molar-refractivity contribution is 0.715. The lowest BCUT2D eigenvalue weighted by Gasteiger charge is -2.10. The van der Waals surface area contributed by atoms with Crippen LogP contribution in [0.15, 0.2) is 42.7 Å². The molecule has 2 aromatic rings. The number of aryl methyl sites for hydroxylation is 1. The van der Waals surface area contributed by atoms with E-state index >= 15 is 0 Å². The molecule has 2 aromatic heterocycles. The predicted octanol–water partition coefficient (Wildman–Crippen LogP) is 3.13. The van der Waals surface area contributed by atoms with Crippen LogP contribution in [0.3, 0.4) is 0 Å². The Labute approximate surface area is 96.4 Å². The lowest BCUT2D eigenvalue weighted by atomic mass is 10.0. The van der Waals surface area contributed by atoms with Crippen LogP contribution in [0.2, 0.25) is 0 Å². The summed E-state index contributed by atoms with van der Waals surface area (Å²) in [6.45, 7) is 4.24. The van der Waals surface area contributed by atoms with Gasteiger partial charge in [0.1, 0.15) is 0 Å². The van der Waals surface area contributed by atoms with E-state index in [1.807, 2.05) is 24.5 Å². The molecule has 0 fully saturated rings. The topological polar surface area (TPSA) is 25.8 Å². The SMILES string of the molecule is Cc1ccc(C(C)Cc2ccccn2)nc1. The van der Waals surface area contributed by atoms with Crippen LogP contribution in [0.25, 0.3) is 0 Å². The molecule has 0 saturated carbocycles. The minimum absolute atomic E-state index is 0.412. The monoisotopic (exact) mass is 212 g/mol. The second kappa shape index (κ2) is 4.88. The normalized spacial score (nSPS) is 12.4. The van der Waals surface area contributed by atoms with E-state index in [0.717, 1.165) is 17.8 Å². The molecule has 0 aliphatic rings. The number of nitrogens with zero attached hydrogens (tertiary/aromatic N) is 2. The molecule has 0 bridgehead atoms. The van der Waals surface area contributed by atoms with Crippen molar-refractivity contribution >= 4 is 0 Å². The van der Waals surface area contributed by atoms with Gasteiger partial charge in [0.2, 0.25) is 0 Å². The van der Waals surface area contributed by atoms with Crippen molar-refractivity contribution < 1.29 is 0 Å². The molecule has 0 aliphatic heterocycles. The molecule has 0 spiro atoms. The third-order valence-electron chi connectivity index (χ3n) is 2.68. The molecule has 0 saturated heterocycles. The van der Waals surface area contributed by atoms with Crippen molar-refractivity contribution in [2.45, 2.75) is 26.2 Å². The van der Waals surface area contributed by atoms with E-state index in [1.54, 1.807) is 0 Å². The number of rotatable bonds is 3. The van der Waals surface area contributed by atoms with E-state index in [4.69, 9.17) is 0 Å². The van der Waals surface area contributed by atoms with Gasteiger partial charge in [-0.15, -0.1) is 0 Å². The van der Waals surface area contributed by atoms with Gasteiger partial charge in [-0.25, -0.2) is 0 Å². The lowest BCUT2D eigenvalue weighted by Crippen LogP contribution is -2.02. The molecular weight excluding hydrogens is 196 g/mol. The maximum atomic E-state index is 4.45. The first-order chi connectivity index (χ1) is 7.75. The summed E-state index contributed by atoms with van der Waals surface area (Å²) >= 11 is 0. The van der Waals surface area contributed by atoms with Crippen LogP contribution in [0, 0.1) is 6.92 Å². The zero-order chi connectivity index (χ0) is 11.4. The third-order valence-corrected chi connectivity index (χ3v) is 2.68. The molecule has 16 heavy (non-hydrogen) atoms. The van der Waals surface area contributed by atoms with Crippen LogP contribution >= 0.6 is 0 Å². The van der Waals surface area contributed by atoms with Crippen molar-refractivity contribution in [3.05, 3.63) is 59.7 Å². The Morgan fingerprint density at radius 3 is 2.62 bits per heavy atom. The summed E-state index contributed by atoms with van der Waals surface area (Å²) in [5, 5.41) is 0. The highest BCUT2D eigenvalue weighted by Gasteiger charge is 2.08. The fourth-order valence-electron chi connectivity index (χ4n) is 1.71. The Balaban J connectivity index is 2.09. The first-order valence-electron chi connectivity index (χ1n) is 5.58. The van der Waals surface area contributed by atoms with E-state index < -0.39 is 0 Å². The summed E-state index contributed by atoms with van der Waals surface area (Å²) in [6, 6.07) is 10.2. The first-order valence-corrected chi connectivity index (χ1v) is 5.58. The number of hydrogen-bond acceptors (Lipinski definition) is 2. The van der Waals surface area contributed by atoms with Crippen molar-refractivity contribution in [3.8, 4) is 0 Å². The van der Waals surface area contributed by atoms with Crippen LogP contribution in [-0.2, 0) is 6.42 Å². The van der Waals surface area contributed by atoms with Crippen LogP contribution in [0.5, 0.6) is 0 Å². The largest absolute Gasteiger partial charge is 0.261 e. The van der Waals surface area contributed by atoms with E-state index in [9.17, 15) is 0 Å². The average molecular weight is 212 g/mol. The molecular formula is C14H16N2. The summed E-state index contributed by atoms with van der Waals surface area (Å²) < 4.78 is 0. The molecule has 82 valence electrons. The van der Waals surface area contributed by atoms with Gasteiger partial charge in [0.05, 0.1) is 0 Å². The molecule has 2 rings (SSSR count). The number of aromatic nitrogens is 2. The zero-order valence-corrected chi connectivity index (χ0v) is 9.72. The molecule has 1 unspecified atom stereocenters. The van der Waals surface area contributed by atoms with E-state index in [-0.39, 0.29) is 0 Å². The highest BCUT2D eigenvalue weighted by molar-refractivity contribution is 5.17. The predicted molar refractivity (Wildman–Crippen MR) is 65.3 cm³/mol. The van der Waals surface area contributed by atoms with Gasteiger partial charge in [-0.05, 0) is 37.1 Å². The Hall–Kier alpha value is -1.70. The minimum atomic E-state index is 0.412. The van der Waals surface area contributed by atoms with Crippen LogP contribution in [0.4, 0.5) is 0 Å². The van der Waals surface area contributed by atoms with Crippen molar-refractivity contribution in [2.24, 2.45) is 0 Å². The third kappa shape index (κ3) is 2.66. The van der Waals surface area contributed by atoms with Gasteiger partial charge in [-0.3, -0.25) is 9.97 Å². The van der Waals surface area contributed by atoms with Crippen LogP contribution in [0.1, 0.15) is 29.8 Å². The second-order valence-corrected chi connectivity index (χ2v) is 4.19. The maximum absolute atomic E-state index is 4.45. The standard InChI is InChI=1S/C14H16N2/c1-11-6-7-14(16-10-11)12(2)9-13-5-3-4-8-15-13/h3-8,10,12H,9H2,1-2H3. The quantitative estimate of drug-likeness (QED) is 0.781. The minimum Gasteiger partial charge on any atom is -0.261 e. The van der Waals surface area contributed by atoms with Gasteiger partial charge >= 0.3 is 0 Å². The summed E-state index contributed by atoms with van der Waals surface area (Å²) in [6.07, 6.45) is 4.70. The number of hydrogen-bond donors (Lipinski definition) is 0. The Morgan fingerprint density at radius 2 is 2.00 bits per heavy atom. The van der Waals surface area contributed by atoms with Gasteiger partial charge in [-0.2, -0.15) is 0 Å². The van der Waals surface area contributed by atoms with Crippen LogP contribution < -0.4 is 0 Å². The molecule has 0 radical (unpaired) electrons. The van der Waals surface area contributed by atoms with Crippen molar-refractivity contribution in [1.82, 2.24) is 9.97 Å². The van der Waals surface area contributed by atoms with Crippen molar-refractivity contribution in [1.29, 1.82) is 0 Å². The number of pyridine rings is 2. The van der Waals surface area contributed by atoms with Gasteiger partial charge < -0.3 is 0 Å². The van der Waals surface area contributed by atoms with Gasteiger partial charge in [0, 0.05) is 29.7 Å². The highest BCUT2D eigenvalue weighted by atomic mass is 14.7. The average Bonchev–Trinajstić information content (AvgIpc) is 2.31. The van der Waals surface area contributed by atoms with Gasteiger partial charge in [0.15, 0.2) is 0 Å². The first kappa shape index (κ1) is 10.8. The Kier molecular flexibility index (Phi) is 3.30. The molecule has 0 aromatic carbocycles. The molecule has 1 atom stereocenters.